The molecule has 0 aromatic carbocycles. The van der Waals surface area contributed by atoms with Crippen molar-refractivity contribution in [1.82, 2.24) is 19.7 Å². The standard InChI is InChI=1S/C17H18ClF3N4S/c1-15(2)8-12-23-24-14(25(12)5-6-26-15)16(3-4-16)13-11(18)7-10(9-22-13)17(19,20)21/h7,9H,3-6,8H2,1-2H3. The summed E-state index contributed by atoms with van der Waals surface area (Å²) in [5, 5.41) is 8.83. The van der Waals surface area contributed by atoms with Crippen molar-refractivity contribution in [1.29, 1.82) is 0 Å². The molecule has 2 aromatic heterocycles. The first kappa shape index (κ1) is 18.1. The Labute approximate surface area is 158 Å². The van der Waals surface area contributed by atoms with E-state index in [0.29, 0.717) is 5.69 Å². The molecule has 4 rings (SSSR count). The van der Waals surface area contributed by atoms with Crippen LogP contribution in [0.15, 0.2) is 12.3 Å². The molecule has 4 nitrogen and oxygen atoms in total. The molecule has 0 spiro atoms. The minimum absolute atomic E-state index is 0.0398. The van der Waals surface area contributed by atoms with Crippen molar-refractivity contribution in [3.05, 3.63) is 40.2 Å². The van der Waals surface area contributed by atoms with E-state index in [4.69, 9.17) is 11.6 Å². The van der Waals surface area contributed by atoms with Crippen molar-refractivity contribution in [3.8, 4) is 0 Å². The first-order chi connectivity index (χ1) is 12.1. The van der Waals surface area contributed by atoms with Gasteiger partial charge in [0.2, 0.25) is 0 Å². The van der Waals surface area contributed by atoms with Gasteiger partial charge >= 0.3 is 6.18 Å². The third-order valence-corrected chi connectivity index (χ3v) is 6.62. The molecule has 0 bridgehead atoms. The van der Waals surface area contributed by atoms with Gasteiger partial charge in [0.1, 0.15) is 11.6 Å². The molecule has 1 aliphatic heterocycles. The van der Waals surface area contributed by atoms with Crippen LogP contribution >= 0.6 is 23.4 Å². The van der Waals surface area contributed by atoms with Crippen molar-refractivity contribution in [3.63, 3.8) is 0 Å². The van der Waals surface area contributed by atoms with E-state index in [9.17, 15) is 13.2 Å². The summed E-state index contributed by atoms with van der Waals surface area (Å²) in [5.41, 5.74) is -0.884. The van der Waals surface area contributed by atoms with Crippen LogP contribution < -0.4 is 0 Å². The summed E-state index contributed by atoms with van der Waals surface area (Å²) in [6.45, 7) is 5.15. The molecule has 0 N–H and O–H groups in total. The van der Waals surface area contributed by atoms with Gasteiger partial charge in [0, 0.05) is 29.7 Å². The van der Waals surface area contributed by atoms with Crippen LogP contribution in [-0.2, 0) is 24.6 Å². The molecule has 26 heavy (non-hydrogen) atoms. The average molecular weight is 403 g/mol. The van der Waals surface area contributed by atoms with Gasteiger partial charge in [0.05, 0.1) is 21.7 Å². The van der Waals surface area contributed by atoms with Gasteiger partial charge in [-0.05, 0) is 18.9 Å². The summed E-state index contributed by atoms with van der Waals surface area (Å²) < 4.78 is 40.9. The molecule has 0 amide bonds. The van der Waals surface area contributed by atoms with Crippen LogP contribution in [0.2, 0.25) is 5.02 Å². The van der Waals surface area contributed by atoms with Crippen molar-refractivity contribution >= 4 is 23.4 Å². The largest absolute Gasteiger partial charge is 0.417 e. The highest BCUT2D eigenvalue weighted by Gasteiger charge is 2.53. The Hall–Kier alpha value is -1.28. The van der Waals surface area contributed by atoms with E-state index < -0.39 is 17.2 Å². The number of alkyl halides is 3. The molecule has 2 aromatic rings. The van der Waals surface area contributed by atoms with E-state index in [0.717, 1.165) is 55.5 Å². The fourth-order valence-electron chi connectivity index (χ4n) is 3.54. The van der Waals surface area contributed by atoms with E-state index in [1.165, 1.54) is 0 Å². The fourth-order valence-corrected chi connectivity index (χ4v) is 4.94. The summed E-state index contributed by atoms with van der Waals surface area (Å²) in [6, 6.07) is 0.961. The number of thioether (sulfide) groups is 1. The SMILES string of the molecule is CC1(C)Cc2nnc(C3(c4ncc(C(F)(F)F)cc4Cl)CC3)n2CCS1. The second kappa shape index (κ2) is 5.86. The molecule has 2 aliphatic rings. The van der Waals surface area contributed by atoms with E-state index in [1.807, 2.05) is 11.8 Å². The zero-order valence-corrected chi connectivity index (χ0v) is 16.0. The fraction of sp³-hybridized carbons (Fsp3) is 0.588. The Balaban J connectivity index is 1.75. The van der Waals surface area contributed by atoms with Crippen molar-refractivity contribution < 1.29 is 13.2 Å². The molecular formula is C17H18ClF3N4S. The van der Waals surface area contributed by atoms with Crippen LogP contribution in [0.3, 0.4) is 0 Å². The van der Waals surface area contributed by atoms with Gasteiger partial charge in [0.25, 0.3) is 0 Å². The molecule has 0 unspecified atom stereocenters. The van der Waals surface area contributed by atoms with Crippen molar-refractivity contribution in [2.45, 2.75) is 56.0 Å². The number of aromatic nitrogens is 4. The smallest absolute Gasteiger partial charge is 0.313 e. The number of hydrogen-bond donors (Lipinski definition) is 0. The quantitative estimate of drug-likeness (QED) is 0.742. The van der Waals surface area contributed by atoms with Crippen LogP contribution in [0.5, 0.6) is 0 Å². The van der Waals surface area contributed by atoms with Crippen molar-refractivity contribution in [2.24, 2.45) is 0 Å². The summed E-state index contributed by atoms with van der Waals surface area (Å²) in [4.78, 5) is 4.10. The molecule has 3 heterocycles. The summed E-state index contributed by atoms with van der Waals surface area (Å²) in [7, 11) is 0. The van der Waals surface area contributed by atoms with Crippen LogP contribution in [0.4, 0.5) is 13.2 Å². The number of pyridine rings is 1. The van der Waals surface area contributed by atoms with Gasteiger partial charge in [-0.15, -0.1) is 10.2 Å². The first-order valence-electron chi connectivity index (χ1n) is 8.42. The maximum absolute atomic E-state index is 12.9. The number of rotatable bonds is 2. The normalized spacial score (nSPS) is 21.2. The van der Waals surface area contributed by atoms with Crippen LogP contribution in [0, 0.1) is 0 Å². The van der Waals surface area contributed by atoms with E-state index >= 15 is 0 Å². The third-order valence-electron chi connectivity index (χ3n) is 5.02. The Morgan fingerprint density at radius 1 is 1.23 bits per heavy atom. The van der Waals surface area contributed by atoms with Crippen LogP contribution in [0.25, 0.3) is 0 Å². The minimum Gasteiger partial charge on any atom is -0.313 e. The highest BCUT2D eigenvalue weighted by atomic mass is 35.5. The molecule has 0 atom stereocenters. The van der Waals surface area contributed by atoms with E-state index in [2.05, 4.69) is 33.6 Å². The van der Waals surface area contributed by atoms with Gasteiger partial charge < -0.3 is 4.57 Å². The lowest BCUT2D eigenvalue weighted by atomic mass is 9.99. The average Bonchev–Trinajstić information content (AvgIpc) is 3.26. The molecule has 1 fully saturated rings. The van der Waals surface area contributed by atoms with Gasteiger partial charge in [-0.1, -0.05) is 25.4 Å². The zero-order valence-electron chi connectivity index (χ0n) is 14.4. The topological polar surface area (TPSA) is 43.6 Å². The minimum atomic E-state index is -4.46. The highest BCUT2D eigenvalue weighted by Crippen LogP contribution is 2.54. The highest BCUT2D eigenvalue weighted by molar-refractivity contribution is 8.00. The Morgan fingerprint density at radius 3 is 2.58 bits per heavy atom. The van der Waals surface area contributed by atoms with Crippen LogP contribution in [-0.4, -0.2) is 30.2 Å². The molecule has 1 aliphatic carbocycles. The predicted octanol–water partition coefficient (Wildman–Crippen LogP) is 4.49. The Morgan fingerprint density at radius 2 is 1.96 bits per heavy atom. The van der Waals surface area contributed by atoms with Gasteiger partial charge in [-0.25, -0.2) is 0 Å². The summed E-state index contributed by atoms with van der Waals surface area (Å²) in [6.07, 6.45) is -1.27. The first-order valence-corrected chi connectivity index (χ1v) is 9.78. The maximum Gasteiger partial charge on any atom is 0.417 e. The van der Waals surface area contributed by atoms with Gasteiger partial charge in [-0.2, -0.15) is 24.9 Å². The molecule has 0 radical (unpaired) electrons. The maximum atomic E-state index is 12.9. The molecule has 0 saturated heterocycles. The molecule has 9 heteroatoms. The van der Waals surface area contributed by atoms with Gasteiger partial charge in [0.15, 0.2) is 0 Å². The van der Waals surface area contributed by atoms with E-state index in [1.54, 1.807) is 0 Å². The van der Waals surface area contributed by atoms with E-state index in [-0.39, 0.29) is 9.77 Å². The molecular weight excluding hydrogens is 385 g/mol. The lowest BCUT2D eigenvalue weighted by molar-refractivity contribution is -0.137. The number of fused-ring (bicyclic) bond motifs is 1. The molecule has 1 saturated carbocycles. The monoisotopic (exact) mass is 402 g/mol. The lowest BCUT2D eigenvalue weighted by Crippen LogP contribution is -2.21. The molecule has 140 valence electrons. The number of halogens is 4. The number of hydrogen-bond acceptors (Lipinski definition) is 4. The number of nitrogens with zero attached hydrogens (tertiary/aromatic N) is 4. The summed E-state index contributed by atoms with van der Waals surface area (Å²) >= 11 is 8.10. The third kappa shape index (κ3) is 3.01. The predicted molar refractivity (Wildman–Crippen MR) is 94.5 cm³/mol. The Bertz CT molecular complexity index is 858. The zero-order chi connectivity index (χ0) is 18.7. The van der Waals surface area contributed by atoms with Crippen molar-refractivity contribution in [2.75, 3.05) is 5.75 Å². The summed E-state index contributed by atoms with van der Waals surface area (Å²) in [5.74, 6) is 2.64. The Kier molecular flexibility index (Phi) is 4.08. The van der Waals surface area contributed by atoms with Crippen LogP contribution in [0.1, 0.15) is 49.6 Å². The second-order valence-corrected chi connectivity index (χ2v) is 9.72. The second-order valence-electron chi connectivity index (χ2n) is 7.51. The lowest BCUT2D eigenvalue weighted by Gasteiger charge is -2.19. The van der Waals surface area contributed by atoms with Gasteiger partial charge in [-0.3, -0.25) is 4.98 Å².